The van der Waals surface area contributed by atoms with Crippen LogP contribution in [0.5, 0.6) is 11.5 Å². The fraction of sp³-hybridized carbons (Fsp3) is 0.333. The minimum Gasteiger partial charge on any atom is -0.496 e. The van der Waals surface area contributed by atoms with Gasteiger partial charge in [0.2, 0.25) is 17.8 Å². The third kappa shape index (κ3) is 5.85. The van der Waals surface area contributed by atoms with Crippen molar-refractivity contribution in [2.75, 3.05) is 36.1 Å². The molecule has 1 aliphatic rings. The van der Waals surface area contributed by atoms with Crippen LogP contribution in [0.1, 0.15) is 29.8 Å². The minimum atomic E-state index is 0.101. The van der Waals surface area contributed by atoms with Crippen LogP contribution in [0.2, 0.25) is 5.02 Å². The van der Waals surface area contributed by atoms with Gasteiger partial charge in [0.1, 0.15) is 18.1 Å². The number of hydrogen-bond acceptors (Lipinski definition) is 8. The summed E-state index contributed by atoms with van der Waals surface area (Å²) < 4.78 is 11.3. The van der Waals surface area contributed by atoms with E-state index in [2.05, 4.69) is 20.3 Å². The van der Waals surface area contributed by atoms with E-state index >= 15 is 0 Å². The second-order valence-electron chi connectivity index (χ2n) is 8.01. The summed E-state index contributed by atoms with van der Waals surface area (Å²) in [6.45, 7) is 3.35. The van der Waals surface area contributed by atoms with E-state index in [1.54, 1.807) is 18.1 Å². The number of aryl methyl sites for hydroxylation is 1. The molecule has 0 unspecified atom stereocenters. The van der Waals surface area contributed by atoms with Crippen molar-refractivity contribution in [1.82, 2.24) is 15.0 Å². The SMILES string of the molecule is COc1ccc(Cl)cc1CCNc1nc(N)nc(COc2cc(C)cc(N3CCCC3=O)c2)n1. The number of hydrogen-bond donors (Lipinski definition) is 2. The van der Waals surface area contributed by atoms with E-state index < -0.39 is 0 Å². The number of rotatable bonds is 9. The van der Waals surface area contributed by atoms with E-state index in [1.165, 1.54) is 0 Å². The molecule has 9 nitrogen and oxygen atoms in total. The van der Waals surface area contributed by atoms with Crippen molar-refractivity contribution >= 4 is 35.1 Å². The summed E-state index contributed by atoms with van der Waals surface area (Å²) in [5.41, 5.74) is 8.70. The maximum atomic E-state index is 12.1. The average Bonchev–Trinajstić information content (AvgIpc) is 3.23. The number of nitrogens with one attached hydrogen (secondary N) is 1. The Balaban J connectivity index is 1.39. The van der Waals surface area contributed by atoms with E-state index in [9.17, 15) is 4.79 Å². The minimum absolute atomic E-state index is 0.101. The van der Waals surface area contributed by atoms with Crippen molar-refractivity contribution in [3.8, 4) is 11.5 Å². The first-order chi connectivity index (χ1) is 16.4. The summed E-state index contributed by atoms with van der Waals surface area (Å²) in [6.07, 6.45) is 2.10. The number of amides is 1. The van der Waals surface area contributed by atoms with E-state index in [0.29, 0.717) is 41.9 Å². The third-order valence-electron chi connectivity index (χ3n) is 5.41. The van der Waals surface area contributed by atoms with Crippen molar-refractivity contribution in [2.45, 2.75) is 32.8 Å². The normalized spacial score (nSPS) is 13.3. The van der Waals surface area contributed by atoms with Crippen molar-refractivity contribution in [2.24, 2.45) is 0 Å². The van der Waals surface area contributed by atoms with Crippen LogP contribution in [0.4, 0.5) is 17.6 Å². The quantitative estimate of drug-likeness (QED) is 0.473. The molecule has 2 heterocycles. The van der Waals surface area contributed by atoms with Gasteiger partial charge in [-0.3, -0.25) is 4.79 Å². The molecule has 1 saturated heterocycles. The first-order valence-electron chi connectivity index (χ1n) is 11.0. The van der Waals surface area contributed by atoms with E-state index in [0.717, 1.165) is 35.5 Å². The number of nitrogens with zero attached hydrogens (tertiary/aromatic N) is 4. The van der Waals surface area contributed by atoms with Crippen LogP contribution in [-0.2, 0) is 17.8 Å². The number of aromatic nitrogens is 3. The van der Waals surface area contributed by atoms with Crippen LogP contribution in [0.25, 0.3) is 0 Å². The van der Waals surface area contributed by atoms with Crippen LogP contribution < -0.4 is 25.4 Å². The number of nitrogen functional groups attached to an aromatic ring is 1. The molecule has 0 atom stereocenters. The van der Waals surface area contributed by atoms with E-state index in [-0.39, 0.29) is 18.5 Å². The number of ether oxygens (including phenoxy) is 2. The van der Waals surface area contributed by atoms with Gasteiger partial charge in [0.25, 0.3) is 0 Å². The Morgan fingerprint density at radius 2 is 2.03 bits per heavy atom. The monoisotopic (exact) mass is 482 g/mol. The topological polar surface area (TPSA) is 115 Å². The predicted molar refractivity (Wildman–Crippen MR) is 132 cm³/mol. The molecular formula is C24H27ClN6O3. The molecular weight excluding hydrogens is 456 g/mol. The number of carbonyl (C=O) groups excluding carboxylic acids is 1. The summed E-state index contributed by atoms with van der Waals surface area (Å²) >= 11 is 6.10. The lowest BCUT2D eigenvalue weighted by atomic mass is 10.1. The van der Waals surface area contributed by atoms with Gasteiger partial charge in [-0.1, -0.05) is 11.6 Å². The maximum absolute atomic E-state index is 12.1. The van der Waals surface area contributed by atoms with E-state index in [1.807, 2.05) is 37.3 Å². The van der Waals surface area contributed by atoms with Gasteiger partial charge in [-0.2, -0.15) is 15.0 Å². The molecule has 0 bridgehead atoms. The number of benzene rings is 2. The first kappa shape index (κ1) is 23.6. The van der Waals surface area contributed by atoms with Gasteiger partial charge < -0.3 is 25.4 Å². The van der Waals surface area contributed by atoms with Gasteiger partial charge in [0.15, 0.2) is 5.82 Å². The predicted octanol–water partition coefficient (Wildman–Crippen LogP) is 3.78. The summed E-state index contributed by atoms with van der Waals surface area (Å²) in [7, 11) is 1.62. The zero-order valence-electron chi connectivity index (χ0n) is 19.2. The van der Waals surface area contributed by atoms with Crippen LogP contribution >= 0.6 is 11.6 Å². The van der Waals surface area contributed by atoms with Crippen molar-refractivity contribution in [3.05, 3.63) is 58.4 Å². The molecule has 3 aromatic rings. The summed E-state index contributed by atoms with van der Waals surface area (Å²) in [5, 5.41) is 3.81. The standard InChI is InChI=1S/C24H27ClN6O3/c1-15-10-18(31-9-3-4-22(31)32)13-19(11-15)34-14-21-28-23(26)30-24(29-21)27-8-7-16-12-17(25)5-6-20(16)33-2/h5-6,10-13H,3-4,7-9,14H2,1-2H3,(H3,26,27,28,29,30). The van der Waals surface area contributed by atoms with Crippen molar-refractivity contribution < 1.29 is 14.3 Å². The molecule has 0 aliphatic carbocycles. The zero-order valence-corrected chi connectivity index (χ0v) is 19.9. The molecule has 1 fully saturated rings. The van der Waals surface area contributed by atoms with Gasteiger partial charge >= 0.3 is 0 Å². The second kappa shape index (κ2) is 10.6. The molecule has 0 spiro atoms. The van der Waals surface area contributed by atoms with Gasteiger partial charge in [-0.15, -0.1) is 0 Å². The Labute approximate surface area is 203 Å². The summed E-state index contributed by atoms with van der Waals surface area (Å²) in [4.78, 5) is 26.6. The number of anilines is 3. The molecule has 10 heteroatoms. The average molecular weight is 483 g/mol. The number of nitrogens with two attached hydrogens (primary N) is 1. The van der Waals surface area contributed by atoms with Gasteiger partial charge in [0.05, 0.1) is 7.11 Å². The number of halogens is 1. The zero-order chi connectivity index (χ0) is 24.1. The van der Waals surface area contributed by atoms with E-state index in [4.69, 9.17) is 26.8 Å². The molecule has 1 aliphatic heterocycles. The summed E-state index contributed by atoms with van der Waals surface area (Å²) in [5.74, 6) is 2.40. The maximum Gasteiger partial charge on any atom is 0.227 e. The number of methoxy groups -OCH3 is 1. The number of carbonyl (C=O) groups is 1. The highest BCUT2D eigenvalue weighted by molar-refractivity contribution is 6.30. The van der Waals surface area contributed by atoms with Crippen LogP contribution in [0.15, 0.2) is 36.4 Å². The lowest BCUT2D eigenvalue weighted by Gasteiger charge is -2.18. The Hall–Kier alpha value is -3.59. The Kier molecular flexibility index (Phi) is 7.32. The lowest BCUT2D eigenvalue weighted by molar-refractivity contribution is -0.117. The Morgan fingerprint density at radius 1 is 1.18 bits per heavy atom. The van der Waals surface area contributed by atoms with Crippen LogP contribution in [0.3, 0.4) is 0 Å². The highest BCUT2D eigenvalue weighted by Gasteiger charge is 2.22. The Bertz CT molecular complexity index is 1190. The highest BCUT2D eigenvalue weighted by Crippen LogP contribution is 2.28. The molecule has 1 aromatic heterocycles. The molecule has 2 aromatic carbocycles. The van der Waals surface area contributed by atoms with Crippen LogP contribution in [-0.4, -0.2) is 41.1 Å². The van der Waals surface area contributed by atoms with Crippen LogP contribution in [0, 0.1) is 6.92 Å². The summed E-state index contributed by atoms with van der Waals surface area (Å²) in [6, 6.07) is 11.2. The second-order valence-corrected chi connectivity index (χ2v) is 8.44. The smallest absolute Gasteiger partial charge is 0.227 e. The van der Waals surface area contributed by atoms with Crippen molar-refractivity contribution in [1.29, 1.82) is 0 Å². The lowest BCUT2D eigenvalue weighted by Crippen LogP contribution is -2.23. The molecule has 178 valence electrons. The van der Waals surface area contributed by atoms with Gasteiger partial charge in [0, 0.05) is 36.3 Å². The molecule has 4 rings (SSSR count). The highest BCUT2D eigenvalue weighted by atomic mass is 35.5. The first-order valence-corrected chi connectivity index (χ1v) is 11.4. The largest absolute Gasteiger partial charge is 0.496 e. The third-order valence-corrected chi connectivity index (χ3v) is 5.64. The van der Waals surface area contributed by atoms with Gasteiger partial charge in [-0.05, 0) is 61.2 Å². The molecule has 1 amide bonds. The van der Waals surface area contributed by atoms with Gasteiger partial charge in [-0.25, -0.2) is 0 Å². The fourth-order valence-electron chi connectivity index (χ4n) is 3.87. The van der Waals surface area contributed by atoms with Crippen molar-refractivity contribution in [3.63, 3.8) is 0 Å². The molecule has 34 heavy (non-hydrogen) atoms. The Morgan fingerprint density at radius 3 is 2.79 bits per heavy atom. The molecule has 0 radical (unpaired) electrons. The fourth-order valence-corrected chi connectivity index (χ4v) is 4.06. The molecule has 3 N–H and O–H groups in total. The molecule has 0 saturated carbocycles.